The maximum Gasteiger partial charge on any atom is 0.270 e. The molecular formula is C18H26N5OS+. The van der Waals surface area contributed by atoms with Crippen molar-refractivity contribution in [1.29, 1.82) is 5.26 Å². The molecule has 0 radical (unpaired) electrons. The number of para-hydroxylation sites is 1. The van der Waals surface area contributed by atoms with Crippen LogP contribution in [0.3, 0.4) is 0 Å². The molecule has 2 aromatic rings. The predicted octanol–water partition coefficient (Wildman–Crippen LogP) is 5.16. The van der Waals surface area contributed by atoms with Crippen LogP contribution >= 0.6 is 10.7 Å². The Labute approximate surface area is 151 Å². The molecule has 1 unspecified atom stereocenters. The van der Waals surface area contributed by atoms with Gasteiger partial charge in [-0.2, -0.15) is 5.26 Å². The lowest BCUT2D eigenvalue weighted by molar-refractivity contribution is 0.433. The first-order chi connectivity index (χ1) is 12.3. The molecule has 1 heterocycles. The Hall–Kier alpha value is -2.33. The van der Waals surface area contributed by atoms with Crippen molar-refractivity contribution in [2.45, 2.75) is 50.2 Å². The molecule has 0 bridgehead atoms. The van der Waals surface area contributed by atoms with Crippen LogP contribution < -0.4 is 10.2 Å². The third-order valence-corrected chi connectivity index (χ3v) is 6.32. The average Bonchev–Trinajstić information content (AvgIpc) is 2.67. The molecule has 1 aliphatic rings. The summed E-state index contributed by atoms with van der Waals surface area (Å²) in [5, 5.41) is 14.7. The molecule has 0 spiro atoms. The van der Waals surface area contributed by atoms with Gasteiger partial charge in [-0.15, -0.1) is 0 Å². The number of rotatable bonds is 7. The van der Waals surface area contributed by atoms with Crippen molar-refractivity contribution in [3.05, 3.63) is 35.7 Å². The van der Waals surface area contributed by atoms with Crippen LogP contribution in [0.25, 0.3) is 0 Å². The molecule has 6 nitrogen and oxygen atoms in total. The zero-order chi connectivity index (χ0) is 17.3. The molecule has 1 atom stereocenters. The molecule has 1 fully saturated rings. The van der Waals surface area contributed by atoms with Gasteiger partial charge in [0.1, 0.15) is 5.75 Å². The summed E-state index contributed by atoms with van der Waals surface area (Å²) in [7, 11) is -0.0732. The number of H-pyrrole nitrogens is 2. The second-order valence-corrected chi connectivity index (χ2v) is 8.07. The monoisotopic (exact) mass is 360 g/mol. The van der Waals surface area contributed by atoms with Gasteiger partial charge in [0.2, 0.25) is 5.38 Å². The molecular weight excluding hydrogens is 334 g/mol. The lowest BCUT2D eigenvalue weighted by atomic mass is 10.0. The highest BCUT2D eigenvalue weighted by Gasteiger charge is 2.25. The van der Waals surface area contributed by atoms with E-state index in [9.17, 15) is 0 Å². The molecule has 3 rings (SSSR count). The SMILES string of the molecule is N#CCCCNn1[nH]c(Oc2ccccc2)c[s+](C2CCCCC2)[nH]1. The van der Waals surface area contributed by atoms with Crippen LogP contribution in [0.5, 0.6) is 11.6 Å². The van der Waals surface area contributed by atoms with Gasteiger partial charge in [-0.1, -0.05) is 34.0 Å². The van der Waals surface area contributed by atoms with Crippen molar-refractivity contribution < 1.29 is 4.74 Å². The van der Waals surface area contributed by atoms with E-state index >= 15 is 0 Å². The summed E-state index contributed by atoms with van der Waals surface area (Å²) < 4.78 is 9.53. The Morgan fingerprint density at radius 3 is 2.80 bits per heavy atom. The summed E-state index contributed by atoms with van der Waals surface area (Å²) in [6.45, 7) is 0.730. The highest BCUT2D eigenvalue weighted by molar-refractivity contribution is 7.25. The van der Waals surface area contributed by atoms with E-state index in [0.29, 0.717) is 11.7 Å². The topological polar surface area (TPSA) is 81.6 Å². The smallest absolute Gasteiger partial charge is 0.270 e. The third-order valence-electron chi connectivity index (χ3n) is 4.27. The van der Waals surface area contributed by atoms with Crippen molar-refractivity contribution in [2.75, 3.05) is 12.0 Å². The molecule has 3 N–H and O–H groups in total. The highest BCUT2D eigenvalue weighted by Crippen LogP contribution is 2.40. The number of aromatic nitrogens is 3. The summed E-state index contributed by atoms with van der Waals surface area (Å²) in [6.07, 6.45) is 7.84. The van der Waals surface area contributed by atoms with Gasteiger partial charge < -0.3 is 4.74 Å². The number of hydrogen-bond acceptors (Lipinski definition) is 3. The lowest BCUT2D eigenvalue weighted by Gasteiger charge is -2.17. The van der Waals surface area contributed by atoms with Gasteiger partial charge in [0.25, 0.3) is 5.88 Å². The minimum Gasteiger partial charge on any atom is -0.435 e. The second kappa shape index (κ2) is 9.23. The van der Waals surface area contributed by atoms with Gasteiger partial charge in [0.05, 0.1) is 16.7 Å². The normalized spacial score (nSPS) is 15.4. The fourth-order valence-corrected chi connectivity index (χ4v) is 4.88. The van der Waals surface area contributed by atoms with Crippen LogP contribution in [0.4, 0.5) is 0 Å². The Kier molecular flexibility index (Phi) is 6.46. The maximum atomic E-state index is 8.67. The molecule has 7 heteroatoms. The third kappa shape index (κ3) is 5.33. The Morgan fingerprint density at radius 1 is 1.24 bits per heavy atom. The van der Waals surface area contributed by atoms with E-state index in [2.05, 4.69) is 26.5 Å². The standard InChI is InChI=1S/C18H26N5OS/c19-13-7-8-14-20-23-21-18(24-16-9-3-1-4-10-16)15-25(22-23)17-11-5-2-6-12-17/h1,3-4,9-10,15,17,20-22H,2,5-8,11-12,14H2/q+1. The molecule has 0 amide bonds. The molecule has 0 aliphatic heterocycles. The highest BCUT2D eigenvalue weighted by atomic mass is 32.2. The molecule has 134 valence electrons. The van der Waals surface area contributed by atoms with E-state index in [1.165, 1.54) is 32.1 Å². The Balaban J connectivity index is 1.78. The van der Waals surface area contributed by atoms with Crippen molar-refractivity contribution in [3.8, 4) is 17.7 Å². The Bertz CT molecular complexity index is 713. The van der Waals surface area contributed by atoms with Crippen LogP contribution in [0.2, 0.25) is 0 Å². The van der Waals surface area contributed by atoms with Gasteiger partial charge >= 0.3 is 0 Å². The van der Waals surface area contributed by atoms with Crippen LogP contribution in [0.15, 0.2) is 35.7 Å². The summed E-state index contributed by atoms with van der Waals surface area (Å²) in [6, 6.07) is 12.0. The predicted molar refractivity (Wildman–Crippen MR) is 101 cm³/mol. The quantitative estimate of drug-likeness (QED) is 0.471. The number of unbranched alkanes of at least 4 members (excludes halogenated alkanes) is 1. The van der Waals surface area contributed by atoms with Gasteiger partial charge in [-0.05, 0) is 31.4 Å². The van der Waals surface area contributed by atoms with Crippen LogP contribution in [0, 0.1) is 11.3 Å². The molecule has 25 heavy (non-hydrogen) atoms. The molecule has 1 saturated carbocycles. The second-order valence-electron chi connectivity index (χ2n) is 6.24. The largest absolute Gasteiger partial charge is 0.435 e. The first-order valence-corrected chi connectivity index (χ1v) is 10.3. The number of benzene rings is 1. The summed E-state index contributed by atoms with van der Waals surface area (Å²) >= 11 is 0. The van der Waals surface area contributed by atoms with Crippen molar-refractivity contribution in [3.63, 3.8) is 0 Å². The average molecular weight is 361 g/mol. The van der Waals surface area contributed by atoms with Crippen molar-refractivity contribution in [1.82, 2.24) is 14.5 Å². The van der Waals surface area contributed by atoms with Gasteiger partial charge in [0.15, 0.2) is 5.25 Å². The number of hydrogen-bond donors (Lipinski definition) is 3. The summed E-state index contributed by atoms with van der Waals surface area (Å²) in [4.78, 5) is 1.80. The molecule has 1 aliphatic carbocycles. The molecule has 0 saturated heterocycles. The summed E-state index contributed by atoms with van der Waals surface area (Å²) in [5.74, 6) is 1.56. The Morgan fingerprint density at radius 2 is 2.04 bits per heavy atom. The van der Waals surface area contributed by atoms with Crippen LogP contribution in [-0.2, 0) is 0 Å². The van der Waals surface area contributed by atoms with Crippen LogP contribution in [0.1, 0.15) is 50.2 Å². The fraction of sp³-hybridized carbons (Fsp3) is 0.500. The number of nitrogens with one attached hydrogen (secondary N) is 3. The fourth-order valence-electron chi connectivity index (χ4n) is 2.99. The van der Waals surface area contributed by atoms with Crippen molar-refractivity contribution >= 4 is 10.7 Å². The number of aromatic amines is 2. The van der Waals surface area contributed by atoms with E-state index in [1.807, 2.05) is 30.3 Å². The zero-order valence-corrected chi connectivity index (χ0v) is 15.2. The van der Waals surface area contributed by atoms with Crippen LogP contribution in [-0.4, -0.2) is 21.0 Å². The number of ether oxygens (including phenoxy) is 1. The van der Waals surface area contributed by atoms with E-state index in [4.69, 9.17) is 10.00 Å². The van der Waals surface area contributed by atoms with E-state index < -0.39 is 0 Å². The van der Waals surface area contributed by atoms with Gasteiger partial charge in [-0.3, -0.25) is 5.43 Å². The maximum absolute atomic E-state index is 8.67. The van der Waals surface area contributed by atoms with Gasteiger partial charge in [0, 0.05) is 25.8 Å². The minimum absolute atomic E-state index is 0.0732. The van der Waals surface area contributed by atoms with Crippen molar-refractivity contribution in [2.24, 2.45) is 0 Å². The first kappa shape index (κ1) is 17.5. The van der Waals surface area contributed by atoms with E-state index in [0.717, 1.165) is 24.6 Å². The zero-order valence-electron chi connectivity index (χ0n) is 14.4. The van der Waals surface area contributed by atoms with Gasteiger partial charge in [-0.25, -0.2) is 5.10 Å². The van der Waals surface area contributed by atoms with E-state index in [1.54, 1.807) is 4.91 Å². The molecule has 1 aromatic carbocycles. The van der Waals surface area contributed by atoms with E-state index in [-0.39, 0.29) is 10.7 Å². The summed E-state index contributed by atoms with van der Waals surface area (Å²) in [5.41, 5.74) is 3.29. The lowest BCUT2D eigenvalue weighted by Crippen LogP contribution is -2.22. The number of nitriles is 1. The molecule has 1 aromatic heterocycles. The minimum atomic E-state index is -0.0732. The number of nitrogens with zero attached hydrogens (tertiary/aromatic N) is 2. The first-order valence-electron chi connectivity index (χ1n) is 8.95.